The van der Waals surface area contributed by atoms with Crippen LogP contribution in [0.1, 0.15) is 49.0 Å². The molecular weight excluding hydrogens is 889 g/mol. The SMILES string of the molecule is C=c1c2ccccc2c2c(C(=O)c3cccc(S(O)(O)O)c3)c(=O)n(C)c3ccc(Nc4cc(Nc5nc(N)nc(NC6CCC(C)CC6C)n5)c(S(O)(O)O)cc4SOOO)c1c23. The van der Waals surface area contributed by atoms with Gasteiger partial charge in [-0.3, -0.25) is 9.59 Å². The molecule has 3 atom stereocenters. The number of nitrogen functional groups attached to an aromatic ring is 1. The van der Waals surface area contributed by atoms with Gasteiger partial charge in [0.15, 0.2) is 5.78 Å². The molecule has 22 heteroatoms. The quantitative estimate of drug-likeness (QED) is 0.0128. The minimum atomic E-state index is -4.48. The van der Waals surface area contributed by atoms with Crippen LogP contribution in [0.4, 0.5) is 34.9 Å². The van der Waals surface area contributed by atoms with E-state index in [1.54, 1.807) is 36.4 Å². The predicted molar refractivity (Wildman–Crippen MR) is 250 cm³/mol. The van der Waals surface area contributed by atoms with Gasteiger partial charge in [0, 0.05) is 40.5 Å². The van der Waals surface area contributed by atoms with Gasteiger partial charge in [-0.05, 0) is 83.5 Å². The lowest BCUT2D eigenvalue weighted by molar-refractivity contribution is -0.432. The molecule has 12 N–H and O–H groups in total. The number of hydrogen-bond donors (Lipinski definition) is 11. The van der Waals surface area contributed by atoms with Crippen molar-refractivity contribution < 1.29 is 46.7 Å². The molecule has 0 amide bonds. The minimum absolute atomic E-state index is 0.0575. The van der Waals surface area contributed by atoms with Crippen molar-refractivity contribution in [2.45, 2.75) is 53.8 Å². The van der Waals surface area contributed by atoms with E-state index in [-0.39, 0.29) is 61.6 Å². The van der Waals surface area contributed by atoms with Gasteiger partial charge < -0.3 is 53.6 Å². The van der Waals surface area contributed by atoms with E-state index >= 15 is 0 Å². The fourth-order valence-electron chi connectivity index (χ4n) is 8.51. The smallest absolute Gasteiger partial charge is 0.262 e. The van der Waals surface area contributed by atoms with Crippen LogP contribution >= 0.6 is 33.8 Å². The number of anilines is 6. The van der Waals surface area contributed by atoms with Crippen LogP contribution < -0.4 is 32.5 Å². The molecule has 64 heavy (non-hydrogen) atoms. The second kappa shape index (κ2) is 17.4. The average molecular weight is 933 g/mol. The number of nitrogens with two attached hydrogens (primary N) is 1. The normalized spacial score (nSPS) is 17.5. The molecule has 3 unspecified atom stereocenters. The molecule has 7 aromatic rings. The predicted octanol–water partition coefficient (Wildman–Crippen LogP) is 9.29. The monoisotopic (exact) mass is 932 g/mol. The van der Waals surface area contributed by atoms with Crippen LogP contribution in [0, 0.1) is 11.8 Å². The van der Waals surface area contributed by atoms with E-state index in [1.165, 1.54) is 41.9 Å². The number of pyridine rings is 1. The molecule has 1 fully saturated rings. The average Bonchev–Trinajstić information content (AvgIpc) is 3.24. The Morgan fingerprint density at radius 1 is 0.844 bits per heavy atom. The molecule has 1 aliphatic carbocycles. The number of benzene rings is 5. The number of fused-ring (bicyclic) bond motifs is 2. The Kier molecular flexibility index (Phi) is 12.2. The van der Waals surface area contributed by atoms with E-state index in [1.807, 2.05) is 0 Å². The zero-order chi connectivity index (χ0) is 45.8. The van der Waals surface area contributed by atoms with E-state index < -0.39 is 38.0 Å². The summed E-state index contributed by atoms with van der Waals surface area (Å²) in [5.74, 6) is 0.112. The Morgan fingerprint density at radius 3 is 2.28 bits per heavy atom. The zero-order valence-corrected chi connectivity index (χ0v) is 36.8. The number of carbonyl (C=O) groups excluding carboxylic acids is 1. The first-order chi connectivity index (χ1) is 30.3. The molecule has 0 spiro atoms. The summed E-state index contributed by atoms with van der Waals surface area (Å²) >= 11 is 0.453. The molecule has 2 heterocycles. The maximum absolute atomic E-state index is 14.5. The summed E-state index contributed by atoms with van der Waals surface area (Å²) < 4.78 is 68.1. The van der Waals surface area contributed by atoms with Crippen molar-refractivity contribution in [1.82, 2.24) is 19.5 Å². The summed E-state index contributed by atoms with van der Waals surface area (Å²) in [6.07, 6.45) is 2.92. The number of nitrogens with zero attached hydrogens (tertiary/aromatic N) is 4. The van der Waals surface area contributed by atoms with Crippen LogP contribution in [0.25, 0.3) is 39.0 Å². The summed E-state index contributed by atoms with van der Waals surface area (Å²) in [5, 5.41) is 25.4. The summed E-state index contributed by atoms with van der Waals surface area (Å²) in [6.45, 7) is 8.80. The highest BCUT2D eigenvalue weighted by molar-refractivity contribution is 8.19. The largest absolute Gasteiger partial charge is 0.368 e. The van der Waals surface area contributed by atoms with Gasteiger partial charge in [0.05, 0.1) is 49.2 Å². The lowest BCUT2D eigenvalue weighted by Gasteiger charge is -2.33. The van der Waals surface area contributed by atoms with Crippen LogP contribution in [0.15, 0.2) is 92.3 Å². The van der Waals surface area contributed by atoms with Gasteiger partial charge in [-0.25, -0.2) is 5.26 Å². The maximum atomic E-state index is 14.5. The van der Waals surface area contributed by atoms with Gasteiger partial charge in [-0.15, -0.1) is 4.33 Å². The highest BCUT2D eigenvalue weighted by atomic mass is 32.3. The molecular formula is C42H44N8O11S3. The molecule has 0 radical (unpaired) electrons. The lowest BCUT2D eigenvalue weighted by atomic mass is 9.80. The van der Waals surface area contributed by atoms with Crippen molar-refractivity contribution in [2.24, 2.45) is 18.9 Å². The van der Waals surface area contributed by atoms with E-state index in [0.717, 1.165) is 25.3 Å². The number of rotatable bonds is 13. The van der Waals surface area contributed by atoms with Gasteiger partial charge in [-0.2, -0.15) is 15.0 Å². The van der Waals surface area contributed by atoms with Crippen molar-refractivity contribution in [3.8, 4) is 0 Å². The highest BCUT2D eigenvalue weighted by Crippen LogP contribution is 2.52. The van der Waals surface area contributed by atoms with Crippen molar-refractivity contribution in [1.29, 1.82) is 0 Å². The Labute approximate surface area is 372 Å². The topological polar surface area (TPSA) is 300 Å². The van der Waals surface area contributed by atoms with Gasteiger partial charge in [0.1, 0.15) is 21.7 Å². The molecule has 336 valence electrons. The maximum Gasteiger partial charge on any atom is 0.262 e. The van der Waals surface area contributed by atoms with Crippen molar-refractivity contribution >= 4 is 114 Å². The first-order valence-electron chi connectivity index (χ1n) is 19.6. The van der Waals surface area contributed by atoms with Gasteiger partial charge in [-0.1, -0.05) is 61.9 Å². The van der Waals surface area contributed by atoms with Crippen LogP contribution in [-0.4, -0.2) is 63.9 Å². The third-order valence-electron chi connectivity index (χ3n) is 11.5. The fraction of sp³-hybridized carbons (Fsp3) is 0.214. The van der Waals surface area contributed by atoms with E-state index in [2.05, 4.69) is 56.4 Å². The second-order valence-electron chi connectivity index (χ2n) is 15.7. The van der Waals surface area contributed by atoms with Crippen LogP contribution in [0.2, 0.25) is 0 Å². The summed E-state index contributed by atoms with van der Waals surface area (Å²) in [6, 6.07) is 18.2. The van der Waals surface area contributed by atoms with Crippen LogP contribution in [0.5, 0.6) is 0 Å². The van der Waals surface area contributed by atoms with E-state index in [9.17, 15) is 36.9 Å². The number of nitrogens with one attached hydrogen (secondary N) is 3. The number of aryl methyl sites for hydroxylation is 1. The molecule has 8 rings (SSSR count). The summed E-state index contributed by atoms with van der Waals surface area (Å²) in [7, 11) is -7.17. The van der Waals surface area contributed by atoms with E-state index in [4.69, 9.17) is 15.3 Å². The molecule has 0 aliphatic heterocycles. The third-order valence-corrected chi connectivity index (χ3v) is 13.9. The lowest BCUT2D eigenvalue weighted by Crippen LogP contribution is -2.33. The van der Waals surface area contributed by atoms with Crippen molar-refractivity contribution in [3.05, 3.63) is 99.5 Å². The Bertz CT molecular complexity index is 3090. The highest BCUT2D eigenvalue weighted by Gasteiger charge is 2.30. The van der Waals surface area contributed by atoms with Crippen molar-refractivity contribution in [2.75, 3.05) is 21.7 Å². The summed E-state index contributed by atoms with van der Waals surface area (Å²) in [4.78, 5) is 41.1. The Hall–Kier alpha value is -5.60. The first-order valence-corrected chi connectivity index (χ1v) is 23.4. The van der Waals surface area contributed by atoms with Gasteiger partial charge in [0.25, 0.3) is 5.56 Å². The molecule has 0 bridgehead atoms. The van der Waals surface area contributed by atoms with Crippen LogP contribution in [-0.2, 0) is 16.4 Å². The summed E-state index contributed by atoms with van der Waals surface area (Å²) in [5.41, 5.74) is 6.05. The molecule has 1 aliphatic rings. The molecule has 2 aromatic heterocycles. The number of hydrogen-bond acceptors (Lipinski definition) is 19. The van der Waals surface area contributed by atoms with Gasteiger partial charge >= 0.3 is 0 Å². The number of ketones is 1. The Morgan fingerprint density at radius 2 is 1.58 bits per heavy atom. The molecule has 19 nitrogen and oxygen atoms in total. The van der Waals surface area contributed by atoms with E-state index in [0.29, 0.717) is 61.8 Å². The standard InChI is InChI=1S/C42H44N8O11S3/c1-20-12-13-27(21(2)16-20)45-41-47-40(43)48-42(49-41)46-30-18-29(32(62-61-60-53)19-33(30)64(57,58)59)44-28-14-15-31-36-34(28)22(3)25-10-5-6-11-26(25)35(36)37(39(52)50(31)4)38(51)23-8-7-9-24(17-23)63(54,55)56/h5-11,14-15,17-21,27,44,53-59H,3,12-13,16H2,1-2,4H3,(H4,43,45,46,47,48,49). The zero-order valence-electron chi connectivity index (χ0n) is 34.3. The number of carbonyl (C=O) groups is 1. The molecule has 0 saturated heterocycles. The second-order valence-corrected chi connectivity index (χ2v) is 19.5. The third kappa shape index (κ3) is 8.66. The van der Waals surface area contributed by atoms with Gasteiger partial charge in [0.2, 0.25) is 17.8 Å². The minimum Gasteiger partial charge on any atom is -0.368 e. The Balaban J connectivity index is 1.30. The number of aromatic nitrogens is 4. The van der Waals surface area contributed by atoms with Crippen LogP contribution in [0.3, 0.4) is 0 Å². The fourth-order valence-corrected chi connectivity index (χ4v) is 10.3. The first kappa shape index (κ1) is 45.0. The van der Waals surface area contributed by atoms with Crippen molar-refractivity contribution in [3.63, 3.8) is 0 Å². The molecule has 1 saturated carbocycles. The molecule has 5 aromatic carbocycles.